The van der Waals surface area contributed by atoms with Crippen molar-refractivity contribution in [2.24, 2.45) is 0 Å². The van der Waals surface area contributed by atoms with Gasteiger partial charge in [-0.05, 0) is 25.7 Å². The molecule has 0 spiro atoms. The molecule has 0 aliphatic rings. The van der Waals surface area contributed by atoms with E-state index in [0.29, 0.717) is 6.42 Å². The van der Waals surface area contributed by atoms with Crippen LogP contribution in [0.15, 0.2) is 0 Å². The van der Waals surface area contributed by atoms with E-state index in [9.17, 15) is 14.7 Å². The summed E-state index contributed by atoms with van der Waals surface area (Å²) in [6, 6.07) is 0. The molecule has 254 valence electrons. The van der Waals surface area contributed by atoms with Gasteiger partial charge in [0.25, 0.3) is 0 Å². The summed E-state index contributed by atoms with van der Waals surface area (Å²) < 4.78 is 16.4. The third-order valence-corrected chi connectivity index (χ3v) is 8.12. The van der Waals surface area contributed by atoms with E-state index in [1.807, 2.05) is 0 Å². The van der Waals surface area contributed by atoms with E-state index in [1.165, 1.54) is 135 Å². The Labute approximate surface area is 317 Å². The predicted octanol–water partition coefficient (Wildman–Crippen LogP) is 8.72. The Balaban J connectivity index is -0.00000840. The first-order valence-corrected chi connectivity index (χ1v) is 18.1. The van der Waals surface area contributed by atoms with Gasteiger partial charge in [0.15, 0.2) is 0 Å². The first-order valence-electron chi connectivity index (χ1n) is 18.1. The zero-order valence-electron chi connectivity index (χ0n) is 28.1. The zero-order valence-corrected chi connectivity index (χ0v) is 28.1. The maximum absolute atomic E-state index is 12.2. The molecule has 1 N–H and O–H groups in total. The van der Waals surface area contributed by atoms with E-state index >= 15 is 0 Å². The van der Waals surface area contributed by atoms with Crippen LogP contribution in [0.25, 0.3) is 0 Å². The molecule has 0 aliphatic heterocycles. The Morgan fingerprint density at radius 1 is 0.523 bits per heavy atom. The molecule has 0 aromatic heterocycles. The first-order chi connectivity index (χ1) is 20.5. The minimum absolute atomic E-state index is 0. The Kier molecular flexibility index (Phi) is 44.8. The van der Waals surface area contributed by atoms with Gasteiger partial charge in [0.2, 0.25) is 0 Å². The molecule has 0 aromatic carbocycles. The van der Waals surface area contributed by atoms with Crippen molar-refractivity contribution in [1.82, 2.24) is 0 Å². The number of unbranched alkanes of at least 4 members (excludes halogenated alkanes) is 22. The van der Waals surface area contributed by atoms with Gasteiger partial charge < -0.3 is 19.3 Å². The van der Waals surface area contributed by atoms with Crippen molar-refractivity contribution in [1.29, 1.82) is 0 Å². The molecular weight excluding hydrogens is 574 g/mol. The van der Waals surface area contributed by atoms with Gasteiger partial charge in [0.05, 0.1) is 13.2 Å². The topological polar surface area (TPSA) is 82.1 Å². The quantitative estimate of drug-likeness (QED) is 0.0436. The minimum atomic E-state index is -0.477. The molecule has 0 fully saturated rings. The number of carbonyl (C=O) groups excluding carboxylic acids is 2. The average molecular weight is 647 g/mol. The molecule has 0 saturated carbocycles. The number of rotatable bonds is 33. The Bertz CT molecular complexity index is 593. The fourth-order valence-electron chi connectivity index (χ4n) is 5.52. The zero-order chi connectivity index (χ0) is 30.9. The van der Waals surface area contributed by atoms with Crippen molar-refractivity contribution in [3.8, 4) is 0 Å². The van der Waals surface area contributed by atoms with Crippen LogP contribution in [-0.2, 0) is 23.8 Å². The summed E-state index contributed by atoms with van der Waals surface area (Å²) >= 11 is 0. The van der Waals surface area contributed by atoms with Crippen LogP contribution in [0.3, 0.4) is 0 Å². The van der Waals surface area contributed by atoms with Gasteiger partial charge in [0, 0.05) is 6.92 Å². The summed E-state index contributed by atoms with van der Waals surface area (Å²) in [4.78, 5) is 23.8. The standard InChI is InChI=1S/C36H70O6.2Na.2H/c1-4-6-8-10-12-14-16-18-20-22-24-26-28-34(30-37)42-36(39)32-40-31-35(41-33(3)38)29-27-25-23-21-19-17-15-13-11-9-7-5-2;;;;/h34-35,37H,4-32H2,1-3H3;;;;. The number of esters is 2. The first kappa shape index (κ1) is 49.2. The molecule has 2 atom stereocenters. The predicted molar refractivity (Wildman–Crippen MR) is 189 cm³/mol. The molecule has 6 nitrogen and oxygen atoms in total. The van der Waals surface area contributed by atoms with Crippen molar-refractivity contribution in [2.45, 2.75) is 200 Å². The number of carbonyl (C=O) groups is 2. The molecule has 0 radical (unpaired) electrons. The number of hydrogen-bond acceptors (Lipinski definition) is 6. The van der Waals surface area contributed by atoms with Gasteiger partial charge in [-0.15, -0.1) is 0 Å². The summed E-state index contributed by atoms with van der Waals surface area (Å²) in [5.41, 5.74) is 0. The summed E-state index contributed by atoms with van der Waals surface area (Å²) in [5.74, 6) is -0.798. The number of hydrogen-bond donors (Lipinski definition) is 1. The fraction of sp³-hybridized carbons (Fsp3) is 0.944. The van der Waals surface area contributed by atoms with Crippen LogP contribution in [0.1, 0.15) is 188 Å². The van der Waals surface area contributed by atoms with Gasteiger partial charge >= 0.3 is 71.1 Å². The average Bonchev–Trinajstić information content (AvgIpc) is 2.97. The fourth-order valence-corrected chi connectivity index (χ4v) is 5.52. The molecule has 2 unspecified atom stereocenters. The van der Waals surface area contributed by atoms with E-state index in [0.717, 1.165) is 32.1 Å². The Morgan fingerprint density at radius 3 is 1.20 bits per heavy atom. The molecular formula is C36H72Na2O6. The molecule has 0 heterocycles. The van der Waals surface area contributed by atoms with E-state index < -0.39 is 12.1 Å². The number of aliphatic hydroxyl groups excluding tert-OH is 1. The second kappa shape index (κ2) is 40.0. The Hall–Kier alpha value is 0.860. The van der Waals surface area contributed by atoms with Crippen LogP contribution in [0.5, 0.6) is 0 Å². The van der Waals surface area contributed by atoms with Crippen molar-refractivity contribution >= 4 is 71.1 Å². The molecule has 0 saturated heterocycles. The van der Waals surface area contributed by atoms with Gasteiger partial charge in [0.1, 0.15) is 18.8 Å². The monoisotopic (exact) mass is 647 g/mol. The summed E-state index contributed by atoms with van der Waals surface area (Å²) in [6.07, 6.45) is 31.3. The molecule has 0 amide bonds. The third-order valence-electron chi connectivity index (χ3n) is 8.12. The van der Waals surface area contributed by atoms with E-state index in [1.54, 1.807) is 0 Å². The number of aliphatic hydroxyl groups is 1. The number of ether oxygens (including phenoxy) is 3. The van der Waals surface area contributed by atoms with Crippen molar-refractivity contribution < 1.29 is 28.9 Å². The van der Waals surface area contributed by atoms with Crippen LogP contribution in [-0.4, -0.2) is 108 Å². The summed E-state index contributed by atoms with van der Waals surface area (Å²) in [7, 11) is 0. The van der Waals surface area contributed by atoms with Crippen LogP contribution in [0.2, 0.25) is 0 Å². The molecule has 0 bridgehead atoms. The Morgan fingerprint density at radius 2 is 0.864 bits per heavy atom. The van der Waals surface area contributed by atoms with Gasteiger partial charge in [-0.3, -0.25) is 4.79 Å². The molecule has 0 aliphatic carbocycles. The van der Waals surface area contributed by atoms with Gasteiger partial charge in [-0.25, -0.2) is 4.79 Å². The van der Waals surface area contributed by atoms with E-state index in [4.69, 9.17) is 14.2 Å². The van der Waals surface area contributed by atoms with Gasteiger partial charge in [-0.2, -0.15) is 0 Å². The van der Waals surface area contributed by atoms with Crippen molar-refractivity contribution in [3.05, 3.63) is 0 Å². The summed E-state index contributed by atoms with van der Waals surface area (Å²) in [5, 5.41) is 9.63. The second-order valence-corrected chi connectivity index (χ2v) is 12.4. The summed E-state index contributed by atoms with van der Waals surface area (Å²) in [6.45, 7) is 5.75. The van der Waals surface area contributed by atoms with Gasteiger partial charge in [-0.1, -0.05) is 155 Å². The van der Waals surface area contributed by atoms with Crippen LogP contribution >= 0.6 is 0 Å². The van der Waals surface area contributed by atoms with E-state index in [2.05, 4.69) is 13.8 Å². The molecule has 0 rings (SSSR count). The second-order valence-electron chi connectivity index (χ2n) is 12.4. The van der Waals surface area contributed by atoms with Crippen molar-refractivity contribution in [2.75, 3.05) is 19.8 Å². The third kappa shape index (κ3) is 37.3. The SMILES string of the molecule is CCCCCCCCCCCCCCC(COCC(=O)OC(CO)CCCCCCCCCCCCCC)OC(C)=O.[NaH].[NaH]. The van der Waals surface area contributed by atoms with Crippen molar-refractivity contribution in [3.63, 3.8) is 0 Å². The van der Waals surface area contributed by atoms with Crippen LogP contribution < -0.4 is 0 Å². The molecule has 8 heteroatoms. The van der Waals surface area contributed by atoms with Crippen LogP contribution in [0.4, 0.5) is 0 Å². The molecule has 44 heavy (non-hydrogen) atoms. The van der Waals surface area contributed by atoms with E-state index in [-0.39, 0.29) is 91.0 Å². The normalized spacial score (nSPS) is 12.2. The van der Waals surface area contributed by atoms with Crippen LogP contribution in [0, 0.1) is 0 Å². The maximum atomic E-state index is 12.2. The molecule has 0 aromatic rings.